The van der Waals surface area contributed by atoms with Crippen LogP contribution in [-0.4, -0.2) is 71.0 Å². The van der Waals surface area contributed by atoms with Gasteiger partial charge >= 0.3 is 0 Å². The first-order chi connectivity index (χ1) is 17.3. The number of hydrogen-bond donors (Lipinski definition) is 1. The first-order valence-corrected chi connectivity index (χ1v) is 14.0. The largest absolute Gasteiger partial charge is 0.343 e. The molecule has 5 rings (SSSR count). The number of amides is 2. The molecule has 0 spiro atoms. The maximum Gasteiger partial charge on any atom is 0.258 e. The number of fused-ring (bicyclic) bond motifs is 2. The number of benzene rings is 1. The van der Waals surface area contributed by atoms with Crippen LogP contribution in [0.4, 0.5) is 0 Å². The van der Waals surface area contributed by atoms with Crippen molar-refractivity contribution in [3.05, 3.63) is 62.3 Å². The Morgan fingerprint density at radius 2 is 1.75 bits per heavy atom. The summed E-state index contributed by atoms with van der Waals surface area (Å²) in [5, 5.41) is 11.7. The molecule has 2 fully saturated rings. The highest BCUT2D eigenvalue weighted by atomic mass is 79.9. The number of rotatable bonds is 3. The Kier molecular flexibility index (Phi) is 7.56. The van der Waals surface area contributed by atoms with E-state index in [1.165, 1.54) is 10.3 Å². The third-order valence-corrected chi connectivity index (χ3v) is 8.79. The molecule has 9 heteroatoms. The van der Waals surface area contributed by atoms with Gasteiger partial charge in [-0.05, 0) is 65.2 Å². The molecule has 2 saturated heterocycles. The minimum absolute atomic E-state index is 0.120. The monoisotopic (exact) mass is 575 g/mol. The summed E-state index contributed by atoms with van der Waals surface area (Å²) in [6.07, 6.45) is 5.70. The lowest BCUT2D eigenvalue weighted by Gasteiger charge is -2.39. The Labute approximate surface area is 225 Å². The molecular weight excluding hydrogens is 544 g/mol. The molecule has 2 aromatic rings. The van der Waals surface area contributed by atoms with Crippen molar-refractivity contribution in [3.63, 3.8) is 0 Å². The van der Waals surface area contributed by atoms with E-state index in [1.54, 1.807) is 13.1 Å². The Morgan fingerprint density at radius 3 is 2.44 bits per heavy atom. The van der Waals surface area contributed by atoms with Crippen molar-refractivity contribution in [3.8, 4) is 0 Å². The zero-order valence-corrected chi connectivity index (χ0v) is 23.0. The van der Waals surface area contributed by atoms with Gasteiger partial charge in [-0.15, -0.1) is 0 Å². The number of carbonyl (C=O) groups is 2. The second kappa shape index (κ2) is 10.7. The first-order valence-electron chi connectivity index (χ1n) is 12.8. The Balaban J connectivity index is 1.32. The average Bonchev–Trinajstić information content (AvgIpc) is 3.02. The van der Waals surface area contributed by atoms with Crippen LogP contribution in [0.1, 0.15) is 54.6 Å². The van der Waals surface area contributed by atoms with Crippen LogP contribution in [0.3, 0.4) is 0 Å². The smallest absolute Gasteiger partial charge is 0.258 e. The summed E-state index contributed by atoms with van der Waals surface area (Å²) in [7, 11) is 0. The van der Waals surface area contributed by atoms with Crippen molar-refractivity contribution in [1.29, 1.82) is 0 Å². The van der Waals surface area contributed by atoms with E-state index in [1.807, 2.05) is 21.9 Å². The normalized spacial score (nSPS) is 21.0. The Hall–Kier alpha value is -2.16. The molecule has 7 nitrogen and oxygen atoms in total. The summed E-state index contributed by atoms with van der Waals surface area (Å²) in [5.74, 6) is 0.670. The standard InChI is InChI=1S/C27H33BrClN4O3/c1-18(34)30-9-7-19(8-10-30)15-24(35)31-11-13-32(14-12-31)27-25-20(3-2-4-23(25)29)5-6-21-16-22(28)17-33(36)26(21)27/h2-4,16-17,19,27,36H,5-15H2,1H3/q+1. The molecule has 1 atom stereocenters. The predicted molar refractivity (Wildman–Crippen MR) is 140 cm³/mol. The summed E-state index contributed by atoms with van der Waals surface area (Å²) in [6, 6.07) is 7.96. The van der Waals surface area contributed by atoms with Gasteiger partial charge in [-0.3, -0.25) is 19.7 Å². The lowest BCUT2D eigenvalue weighted by molar-refractivity contribution is -0.911. The predicted octanol–water partition coefficient (Wildman–Crippen LogP) is 3.61. The lowest BCUT2D eigenvalue weighted by Crippen LogP contribution is -2.52. The summed E-state index contributed by atoms with van der Waals surface area (Å²) < 4.78 is 2.08. The van der Waals surface area contributed by atoms with Crippen LogP contribution in [0.25, 0.3) is 0 Å². The number of aromatic nitrogens is 1. The van der Waals surface area contributed by atoms with E-state index < -0.39 is 0 Å². The van der Waals surface area contributed by atoms with Crippen LogP contribution in [0.15, 0.2) is 34.9 Å². The third kappa shape index (κ3) is 5.13. The van der Waals surface area contributed by atoms with Gasteiger partial charge in [0.2, 0.25) is 18.0 Å². The van der Waals surface area contributed by atoms with Gasteiger partial charge < -0.3 is 9.80 Å². The summed E-state index contributed by atoms with van der Waals surface area (Å²) in [5.41, 5.74) is 4.21. The average molecular weight is 577 g/mol. The van der Waals surface area contributed by atoms with Gasteiger partial charge in [0.25, 0.3) is 5.69 Å². The third-order valence-electron chi connectivity index (χ3n) is 8.03. The topological polar surface area (TPSA) is 68.0 Å². The summed E-state index contributed by atoms with van der Waals surface area (Å²) in [4.78, 5) is 30.9. The zero-order valence-electron chi connectivity index (χ0n) is 20.6. The maximum atomic E-state index is 13.1. The van der Waals surface area contributed by atoms with Crippen molar-refractivity contribution in [2.45, 2.75) is 45.1 Å². The zero-order chi connectivity index (χ0) is 25.4. The van der Waals surface area contributed by atoms with Gasteiger partial charge in [0.05, 0.1) is 4.47 Å². The lowest BCUT2D eigenvalue weighted by atomic mass is 9.92. The van der Waals surface area contributed by atoms with Crippen molar-refractivity contribution in [2.75, 3.05) is 39.3 Å². The second-order valence-electron chi connectivity index (χ2n) is 10.2. The van der Waals surface area contributed by atoms with Gasteiger partial charge in [-0.2, -0.15) is 0 Å². The van der Waals surface area contributed by atoms with Crippen LogP contribution in [0, 0.1) is 5.92 Å². The molecule has 2 aliphatic heterocycles. The van der Waals surface area contributed by atoms with E-state index in [0.717, 1.165) is 60.1 Å². The number of piperazine rings is 1. The molecule has 1 aliphatic carbocycles. The van der Waals surface area contributed by atoms with E-state index in [2.05, 4.69) is 33.0 Å². The van der Waals surface area contributed by atoms with E-state index in [-0.39, 0.29) is 17.9 Å². The molecule has 0 radical (unpaired) electrons. The molecule has 0 saturated carbocycles. The SMILES string of the molecule is CC(=O)N1CCC(CC(=O)N2CCN(C3c4c(Cl)cccc4CCc4cc(Br)c[n+](O)c43)CC2)CC1. The number of piperidine rings is 1. The minimum Gasteiger partial charge on any atom is -0.343 e. The fraction of sp³-hybridized carbons (Fsp3) is 0.519. The maximum absolute atomic E-state index is 13.1. The van der Waals surface area contributed by atoms with Crippen LogP contribution in [0.2, 0.25) is 5.02 Å². The molecular formula is C27H33BrClN4O3+. The number of hydrogen-bond acceptors (Lipinski definition) is 4. The first kappa shape index (κ1) is 25.5. The summed E-state index contributed by atoms with van der Waals surface area (Å²) >= 11 is 10.3. The van der Waals surface area contributed by atoms with Crippen LogP contribution < -0.4 is 4.73 Å². The van der Waals surface area contributed by atoms with Crippen molar-refractivity contribution in [2.24, 2.45) is 5.92 Å². The van der Waals surface area contributed by atoms with Gasteiger partial charge in [-0.1, -0.05) is 23.7 Å². The molecule has 192 valence electrons. The highest BCUT2D eigenvalue weighted by molar-refractivity contribution is 9.10. The van der Waals surface area contributed by atoms with Gasteiger partial charge in [0.15, 0.2) is 0 Å². The number of nitrogens with zero attached hydrogens (tertiary/aromatic N) is 4. The molecule has 3 aliphatic rings. The molecule has 1 aromatic heterocycles. The number of carbonyl (C=O) groups excluding carboxylic acids is 2. The molecule has 0 bridgehead atoms. The minimum atomic E-state index is -0.183. The molecule has 1 aromatic carbocycles. The van der Waals surface area contributed by atoms with Crippen molar-refractivity contribution in [1.82, 2.24) is 14.7 Å². The quantitative estimate of drug-likeness (QED) is 0.448. The molecule has 3 heterocycles. The molecule has 2 amide bonds. The van der Waals surface area contributed by atoms with E-state index >= 15 is 0 Å². The van der Waals surface area contributed by atoms with E-state index in [0.29, 0.717) is 43.5 Å². The molecule has 1 unspecified atom stereocenters. The molecule has 1 N–H and O–H groups in total. The number of halogens is 2. The number of pyridine rings is 1. The van der Waals surface area contributed by atoms with Gasteiger partial charge in [0, 0.05) is 73.5 Å². The number of likely N-dealkylation sites (tertiary alicyclic amines) is 1. The Bertz CT molecular complexity index is 1160. The van der Waals surface area contributed by atoms with Crippen LogP contribution in [0.5, 0.6) is 0 Å². The van der Waals surface area contributed by atoms with E-state index in [4.69, 9.17) is 11.6 Å². The van der Waals surface area contributed by atoms with Gasteiger partial charge in [0.1, 0.15) is 6.04 Å². The molecule has 36 heavy (non-hydrogen) atoms. The highest BCUT2D eigenvalue weighted by Crippen LogP contribution is 2.40. The van der Waals surface area contributed by atoms with E-state index in [9.17, 15) is 14.8 Å². The van der Waals surface area contributed by atoms with Gasteiger partial charge in [-0.25, -0.2) is 0 Å². The highest BCUT2D eigenvalue weighted by Gasteiger charge is 2.40. The van der Waals surface area contributed by atoms with Crippen LogP contribution >= 0.6 is 27.5 Å². The number of aryl methyl sites for hydroxylation is 2. The van der Waals surface area contributed by atoms with Crippen LogP contribution in [-0.2, 0) is 22.4 Å². The summed E-state index contributed by atoms with van der Waals surface area (Å²) in [6.45, 7) is 5.83. The second-order valence-corrected chi connectivity index (χ2v) is 11.5. The van der Waals surface area contributed by atoms with Crippen molar-refractivity contribution < 1.29 is 19.5 Å². The fourth-order valence-electron chi connectivity index (χ4n) is 6.04. The Morgan fingerprint density at radius 1 is 1.06 bits per heavy atom. The fourth-order valence-corrected chi connectivity index (χ4v) is 6.81. The van der Waals surface area contributed by atoms with Crippen molar-refractivity contribution >= 4 is 39.3 Å².